The number of fused-ring (bicyclic) bond motifs is 2. The van der Waals surface area contributed by atoms with Gasteiger partial charge >= 0.3 is 0 Å². The Morgan fingerprint density at radius 1 is 1.03 bits per heavy atom. The van der Waals surface area contributed by atoms with Crippen LogP contribution in [0.25, 0.3) is 11.0 Å². The Morgan fingerprint density at radius 3 is 2.59 bits per heavy atom. The van der Waals surface area contributed by atoms with Gasteiger partial charge in [0.2, 0.25) is 5.76 Å². The highest BCUT2D eigenvalue weighted by Gasteiger charge is 2.42. The van der Waals surface area contributed by atoms with E-state index in [2.05, 4.69) is 11.9 Å². The molecule has 4 aromatic rings. The van der Waals surface area contributed by atoms with Crippen LogP contribution in [0.15, 0.2) is 82.3 Å². The fourth-order valence-electron chi connectivity index (χ4n) is 4.13. The zero-order chi connectivity index (χ0) is 22.1. The average molecular weight is 426 g/mol. The van der Waals surface area contributed by atoms with Crippen LogP contribution < -0.4 is 10.2 Å². The van der Waals surface area contributed by atoms with Gasteiger partial charge in [-0.15, -0.1) is 0 Å². The van der Waals surface area contributed by atoms with Crippen molar-refractivity contribution in [1.29, 1.82) is 0 Å². The molecule has 3 heterocycles. The highest BCUT2D eigenvalue weighted by molar-refractivity contribution is 5.99. The van der Waals surface area contributed by atoms with Crippen LogP contribution in [0.4, 0.5) is 0 Å². The monoisotopic (exact) mass is 426 g/mol. The van der Waals surface area contributed by atoms with E-state index in [1.54, 1.807) is 41.6 Å². The highest BCUT2D eigenvalue weighted by atomic mass is 16.5. The minimum atomic E-state index is -0.557. The van der Waals surface area contributed by atoms with Gasteiger partial charge in [0.05, 0.1) is 23.6 Å². The second kappa shape index (κ2) is 8.30. The number of aromatic nitrogens is 1. The fraction of sp³-hybridized carbons (Fsp3) is 0.192. The fourth-order valence-corrected chi connectivity index (χ4v) is 4.13. The van der Waals surface area contributed by atoms with Crippen LogP contribution >= 0.6 is 0 Å². The van der Waals surface area contributed by atoms with Crippen molar-refractivity contribution in [2.24, 2.45) is 0 Å². The standard InChI is InChI=1S/C26H22N2O4/c1-2-14-31-19-11-9-18(10-12-19)23-22-24(29)20-7-3-4-8-21(20)32-25(22)26(30)28(23)16-17-6-5-13-27-15-17/h3-13,15,23H,2,14,16H2,1H3/t23-/m0/s1. The van der Waals surface area contributed by atoms with Gasteiger partial charge in [0, 0.05) is 18.9 Å². The first-order valence-corrected chi connectivity index (χ1v) is 10.7. The zero-order valence-corrected chi connectivity index (χ0v) is 17.7. The molecule has 5 rings (SSSR count). The third kappa shape index (κ3) is 3.43. The smallest absolute Gasteiger partial charge is 0.291 e. The van der Waals surface area contributed by atoms with Gasteiger partial charge < -0.3 is 14.1 Å². The topological polar surface area (TPSA) is 72.6 Å². The van der Waals surface area contributed by atoms with Gasteiger partial charge in [-0.2, -0.15) is 0 Å². The van der Waals surface area contributed by atoms with Crippen LogP contribution in [-0.2, 0) is 6.54 Å². The number of carbonyl (C=O) groups is 1. The van der Waals surface area contributed by atoms with Crippen molar-refractivity contribution in [1.82, 2.24) is 9.88 Å². The van der Waals surface area contributed by atoms with Crippen molar-refractivity contribution in [2.45, 2.75) is 25.9 Å². The Bertz CT molecular complexity index is 1330. The Balaban J connectivity index is 1.64. The molecule has 1 aliphatic heterocycles. The molecular weight excluding hydrogens is 404 g/mol. The third-order valence-corrected chi connectivity index (χ3v) is 5.62. The van der Waals surface area contributed by atoms with Crippen molar-refractivity contribution < 1.29 is 13.9 Å². The summed E-state index contributed by atoms with van der Waals surface area (Å²) < 4.78 is 11.7. The summed E-state index contributed by atoms with van der Waals surface area (Å²) in [4.78, 5) is 32.8. The summed E-state index contributed by atoms with van der Waals surface area (Å²) in [5.41, 5.74) is 2.31. The Kier molecular flexibility index (Phi) is 5.19. The molecule has 0 radical (unpaired) electrons. The number of nitrogens with zero attached hydrogens (tertiary/aromatic N) is 2. The molecule has 0 spiro atoms. The number of ether oxygens (including phenoxy) is 1. The van der Waals surface area contributed by atoms with Crippen molar-refractivity contribution in [2.75, 3.05) is 6.61 Å². The van der Waals surface area contributed by atoms with Crippen molar-refractivity contribution >= 4 is 16.9 Å². The predicted octanol–water partition coefficient (Wildman–Crippen LogP) is 4.72. The van der Waals surface area contributed by atoms with Crippen LogP contribution in [0.5, 0.6) is 5.75 Å². The van der Waals surface area contributed by atoms with Crippen LogP contribution in [0.2, 0.25) is 0 Å². The van der Waals surface area contributed by atoms with Gasteiger partial charge in [0.15, 0.2) is 5.43 Å². The second-order valence-electron chi connectivity index (χ2n) is 7.78. The largest absolute Gasteiger partial charge is 0.494 e. The first kappa shape index (κ1) is 20.0. The van der Waals surface area contributed by atoms with E-state index in [0.717, 1.165) is 23.3 Å². The van der Waals surface area contributed by atoms with E-state index >= 15 is 0 Å². The van der Waals surface area contributed by atoms with Gasteiger partial charge in [0.25, 0.3) is 5.91 Å². The molecule has 1 amide bonds. The number of amides is 1. The van der Waals surface area contributed by atoms with Gasteiger partial charge in [-0.1, -0.05) is 37.3 Å². The first-order chi connectivity index (χ1) is 15.7. The summed E-state index contributed by atoms with van der Waals surface area (Å²) in [5, 5.41) is 0.468. The van der Waals surface area contributed by atoms with E-state index in [4.69, 9.17) is 9.15 Å². The number of pyridine rings is 1. The number of carbonyl (C=O) groups excluding carboxylic acids is 1. The minimum Gasteiger partial charge on any atom is -0.494 e. The van der Waals surface area contributed by atoms with Crippen LogP contribution in [0.3, 0.4) is 0 Å². The van der Waals surface area contributed by atoms with Gasteiger partial charge in [0.1, 0.15) is 11.3 Å². The molecular formula is C26H22N2O4. The summed E-state index contributed by atoms with van der Waals surface area (Å²) in [6.07, 6.45) is 4.33. The number of hydrogen-bond acceptors (Lipinski definition) is 5. The molecule has 0 N–H and O–H groups in total. The molecule has 0 saturated heterocycles. The molecule has 0 aliphatic carbocycles. The first-order valence-electron chi connectivity index (χ1n) is 10.7. The van der Waals surface area contributed by atoms with Crippen LogP contribution in [0.1, 0.15) is 46.6 Å². The minimum absolute atomic E-state index is 0.105. The normalized spacial score (nSPS) is 15.2. The lowest BCUT2D eigenvalue weighted by molar-refractivity contribution is 0.0714. The second-order valence-corrected chi connectivity index (χ2v) is 7.78. The summed E-state index contributed by atoms with van der Waals surface area (Å²) in [7, 11) is 0. The van der Waals surface area contributed by atoms with Crippen LogP contribution in [0, 0.1) is 0 Å². The quantitative estimate of drug-likeness (QED) is 0.446. The molecule has 0 unspecified atom stereocenters. The molecule has 32 heavy (non-hydrogen) atoms. The maximum absolute atomic E-state index is 13.5. The summed E-state index contributed by atoms with van der Waals surface area (Å²) >= 11 is 0. The van der Waals surface area contributed by atoms with E-state index in [-0.39, 0.29) is 17.1 Å². The van der Waals surface area contributed by atoms with Crippen molar-refractivity contribution in [3.63, 3.8) is 0 Å². The molecule has 1 aliphatic rings. The summed E-state index contributed by atoms with van der Waals surface area (Å²) in [6.45, 7) is 2.99. The lowest BCUT2D eigenvalue weighted by Crippen LogP contribution is -2.29. The summed E-state index contributed by atoms with van der Waals surface area (Å²) in [6, 6.07) is 17.8. The molecule has 2 aromatic carbocycles. The maximum atomic E-state index is 13.5. The Labute approximate surface area is 185 Å². The van der Waals surface area contributed by atoms with E-state index in [0.29, 0.717) is 29.7 Å². The van der Waals surface area contributed by atoms with E-state index in [1.165, 1.54) is 0 Å². The van der Waals surface area contributed by atoms with Gasteiger partial charge in [-0.3, -0.25) is 14.6 Å². The van der Waals surface area contributed by atoms with Crippen molar-refractivity contribution in [3.8, 4) is 5.75 Å². The number of benzene rings is 2. The zero-order valence-electron chi connectivity index (χ0n) is 17.7. The van der Waals surface area contributed by atoms with Gasteiger partial charge in [-0.25, -0.2) is 0 Å². The Morgan fingerprint density at radius 2 is 1.84 bits per heavy atom. The van der Waals surface area contributed by atoms with E-state index in [9.17, 15) is 9.59 Å². The van der Waals surface area contributed by atoms with E-state index in [1.807, 2.05) is 36.4 Å². The molecule has 160 valence electrons. The molecule has 6 heteroatoms. The molecule has 2 aromatic heterocycles. The molecule has 1 atom stereocenters. The lowest BCUT2D eigenvalue weighted by atomic mass is 9.98. The van der Waals surface area contributed by atoms with E-state index < -0.39 is 6.04 Å². The predicted molar refractivity (Wildman–Crippen MR) is 121 cm³/mol. The number of hydrogen-bond donors (Lipinski definition) is 0. The van der Waals surface area contributed by atoms with Crippen molar-refractivity contribution in [3.05, 3.63) is 106 Å². The molecule has 0 saturated carbocycles. The molecule has 6 nitrogen and oxygen atoms in total. The van der Waals surface area contributed by atoms with Crippen LogP contribution in [-0.4, -0.2) is 22.4 Å². The summed E-state index contributed by atoms with van der Waals surface area (Å²) in [5.74, 6) is 0.557. The van der Waals surface area contributed by atoms with Gasteiger partial charge in [-0.05, 0) is 47.9 Å². The number of para-hydroxylation sites is 1. The Hall–Kier alpha value is -3.93. The maximum Gasteiger partial charge on any atom is 0.291 e. The third-order valence-electron chi connectivity index (χ3n) is 5.62. The average Bonchev–Trinajstić information content (AvgIpc) is 3.10. The SMILES string of the molecule is CCCOc1ccc([C@H]2c3c(oc4ccccc4c3=O)C(=O)N2Cc2cccnc2)cc1. The lowest BCUT2D eigenvalue weighted by Gasteiger charge is -2.25. The molecule has 0 bridgehead atoms. The molecule has 0 fully saturated rings. The number of rotatable bonds is 6. The highest BCUT2D eigenvalue weighted by Crippen LogP contribution is 2.39.